The summed E-state index contributed by atoms with van der Waals surface area (Å²) < 4.78 is -1.35. The van der Waals surface area contributed by atoms with E-state index < -0.39 is 8.65 Å². The number of fused-ring (bicyclic) bond motifs is 6. The van der Waals surface area contributed by atoms with Gasteiger partial charge in [0.05, 0.1) is 8.96 Å². The molecule has 0 bridgehead atoms. The van der Waals surface area contributed by atoms with Gasteiger partial charge in [-0.15, -0.1) is 0 Å². The number of ketones is 2. The average molecular weight is 576 g/mol. The van der Waals surface area contributed by atoms with E-state index in [1.54, 1.807) is 0 Å². The molecule has 2 nitrogen and oxygen atoms in total. The van der Waals surface area contributed by atoms with Crippen molar-refractivity contribution in [1.29, 1.82) is 0 Å². The number of benzene rings is 2. The van der Waals surface area contributed by atoms with Crippen molar-refractivity contribution < 1.29 is 9.59 Å². The minimum Gasteiger partial charge on any atom is -0.292 e. The number of rotatable bonds is 0. The van der Waals surface area contributed by atoms with Crippen LogP contribution in [0, 0.1) is 0 Å². The van der Waals surface area contributed by atoms with E-state index in [1.165, 1.54) is 5.39 Å². The summed E-state index contributed by atoms with van der Waals surface area (Å²) in [6.07, 6.45) is 0. The fraction of sp³-hybridized carbons (Fsp3) is 0.222. The average Bonchev–Trinajstić information content (AvgIpc) is 2.92. The predicted octanol–water partition coefficient (Wildman–Crippen LogP) is 5.45. The number of hydrogen-bond donors (Lipinski definition) is 0. The predicted molar refractivity (Wildman–Crippen MR) is 108 cm³/mol. The van der Waals surface area contributed by atoms with Crippen LogP contribution in [0.1, 0.15) is 23.0 Å². The maximum Gasteiger partial charge on any atom is 0.190 e. The number of alkyl halides is 2. The fourth-order valence-electron chi connectivity index (χ4n) is 4.65. The van der Waals surface area contributed by atoms with Gasteiger partial charge in [0.2, 0.25) is 0 Å². The van der Waals surface area contributed by atoms with Gasteiger partial charge < -0.3 is 0 Å². The van der Waals surface area contributed by atoms with Crippen LogP contribution in [0.4, 0.5) is 0 Å². The number of allylic oxidation sites excluding steroid dienone is 2. The van der Waals surface area contributed by atoms with Crippen LogP contribution in [0.5, 0.6) is 0 Å². The van der Waals surface area contributed by atoms with Crippen LogP contribution in [0.3, 0.4) is 0 Å². The lowest BCUT2D eigenvalue weighted by Gasteiger charge is -2.61. The molecule has 2 aromatic rings. The third-order valence-electron chi connectivity index (χ3n) is 5.61. The van der Waals surface area contributed by atoms with E-state index in [0.29, 0.717) is 8.96 Å². The Labute approximate surface area is 171 Å². The van der Waals surface area contributed by atoms with Gasteiger partial charge in [-0.2, -0.15) is 0 Å². The summed E-state index contributed by atoms with van der Waals surface area (Å²) in [5.74, 6) is -0.334. The number of hydrogen-bond acceptors (Lipinski definition) is 2. The molecule has 0 N–H and O–H groups in total. The standard InChI is InChI=1S/C18H8Br4O2/c19-13-14(20)16(24)18(22)12-9-6-2-4-7-3-1-5-8(10(7)9)11(12)17(18,21)15(13)23/h1-6,11-12H/t11-,12+,17?,18?. The highest BCUT2D eigenvalue weighted by atomic mass is 79.9. The second kappa shape index (κ2) is 4.70. The van der Waals surface area contributed by atoms with Crippen LogP contribution < -0.4 is 0 Å². The van der Waals surface area contributed by atoms with Crippen molar-refractivity contribution in [3.8, 4) is 0 Å². The van der Waals surface area contributed by atoms with E-state index in [0.717, 1.165) is 16.5 Å². The normalized spacial score (nSPS) is 36.7. The second-order valence-corrected chi connectivity index (χ2v) is 10.5. The van der Waals surface area contributed by atoms with Crippen LogP contribution in [0.15, 0.2) is 45.4 Å². The van der Waals surface area contributed by atoms with Gasteiger partial charge in [0.25, 0.3) is 0 Å². The van der Waals surface area contributed by atoms with Gasteiger partial charge in [0.15, 0.2) is 11.6 Å². The smallest absolute Gasteiger partial charge is 0.190 e. The molecule has 0 aliphatic heterocycles. The molecule has 2 aromatic carbocycles. The van der Waals surface area contributed by atoms with Gasteiger partial charge in [-0.25, -0.2) is 0 Å². The zero-order valence-electron chi connectivity index (χ0n) is 11.9. The number of carbonyl (C=O) groups excluding carboxylic acids is 2. The molecule has 0 radical (unpaired) electrons. The molecular weight excluding hydrogens is 568 g/mol. The maximum atomic E-state index is 13.1. The molecule has 0 spiro atoms. The lowest BCUT2D eigenvalue weighted by molar-refractivity contribution is -0.131. The van der Waals surface area contributed by atoms with Crippen molar-refractivity contribution in [1.82, 2.24) is 0 Å². The van der Waals surface area contributed by atoms with E-state index in [-0.39, 0.29) is 23.4 Å². The number of carbonyl (C=O) groups is 2. The Balaban J connectivity index is 1.88. The second-order valence-electron chi connectivity index (χ2n) is 6.46. The van der Waals surface area contributed by atoms with Gasteiger partial charge in [-0.3, -0.25) is 9.59 Å². The first-order valence-electron chi connectivity index (χ1n) is 7.39. The van der Waals surface area contributed by atoms with Crippen molar-refractivity contribution in [2.75, 3.05) is 0 Å². The summed E-state index contributed by atoms with van der Waals surface area (Å²) in [4.78, 5) is 26.2. The Kier molecular flexibility index (Phi) is 3.12. The fourth-order valence-corrected chi connectivity index (χ4v) is 8.44. The van der Waals surface area contributed by atoms with Crippen molar-refractivity contribution >= 4 is 86.1 Å². The first-order chi connectivity index (χ1) is 11.3. The van der Waals surface area contributed by atoms with E-state index in [1.807, 2.05) is 12.1 Å². The highest BCUT2D eigenvalue weighted by Crippen LogP contribution is 2.77. The van der Waals surface area contributed by atoms with E-state index in [4.69, 9.17) is 0 Å². The number of Topliss-reactive ketones (excluding diaryl/α,β-unsaturated/α-hetero) is 2. The first-order valence-corrected chi connectivity index (χ1v) is 10.6. The molecule has 3 aliphatic carbocycles. The molecule has 1 fully saturated rings. The van der Waals surface area contributed by atoms with E-state index >= 15 is 0 Å². The monoisotopic (exact) mass is 572 g/mol. The lowest BCUT2D eigenvalue weighted by atomic mass is 9.51. The molecule has 4 atom stereocenters. The van der Waals surface area contributed by atoms with Crippen molar-refractivity contribution in [3.63, 3.8) is 0 Å². The molecule has 1 saturated carbocycles. The Hall–Kier alpha value is -0.300. The molecule has 0 amide bonds. The molecule has 120 valence electrons. The summed E-state index contributed by atoms with van der Waals surface area (Å²) in [5.41, 5.74) is 2.28. The largest absolute Gasteiger partial charge is 0.292 e. The zero-order valence-corrected chi connectivity index (χ0v) is 18.3. The summed E-state index contributed by atoms with van der Waals surface area (Å²) in [6, 6.07) is 12.3. The Bertz CT molecular complexity index is 950. The molecule has 0 heterocycles. The maximum absolute atomic E-state index is 13.1. The van der Waals surface area contributed by atoms with Crippen molar-refractivity contribution in [2.45, 2.75) is 20.5 Å². The van der Waals surface area contributed by atoms with Crippen LogP contribution in [-0.2, 0) is 9.59 Å². The van der Waals surface area contributed by atoms with Crippen LogP contribution in [0.2, 0.25) is 0 Å². The van der Waals surface area contributed by atoms with Crippen molar-refractivity contribution in [3.05, 3.63) is 56.5 Å². The lowest BCUT2D eigenvalue weighted by Crippen LogP contribution is -2.74. The third kappa shape index (κ3) is 1.43. The Morgan fingerprint density at radius 3 is 1.58 bits per heavy atom. The van der Waals surface area contributed by atoms with Gasteiger partial charge in [0, 0.05) is 11.8 Å². The van der Waals surface area contributed by atoms with Crippen LogP contribution in [0.25, 0.3) is 10.8 Å². The summed E-state index contributed by atoms with van der Waals surface area (Å²) in [7, 11) is 0. The minimum absolute atomic E-state index is 0.0671. The van der Waals surface area contributed by atoms with Gasteiger partial charge in [-0.1, -0.05) is 68.3 Å². The summed E-state index contributed by atoms with van der Waals surface area (Å²) in [5, 5.41) is 2.32. The van der Waals surface area contributed by atoms with Crippen LogP contribution >= 0.6 is 63.7 Å². The van der Waals surface area contributed by atoms with E-state index in [9.17, 15) is 9.59 Å². The Morgan fingerprint density at radius 1 is 0.750 bits per heavy atom. The summed E-state index contributed by atoms with van der Waals surface area (Å²) in [6.45, 7) is 0. The highest BCUT2D eigenvalue weighted by Gasteiger charge is 2.80. The molecule has 6 heteroatoms. The molecule has 0 aromatic heterocycles. The Morgan fingerprint density at radius 2 is 1.17 bits per heavy atom. The minimum atomic E-state index is -0.981. The molecular formula is C18H8Br4O2. The van der Waals surface area contributed by atoms with Crippen LogP contribution in [-0.4, -0.2) is 20.2 Å². The zero-order chi connectivity index (χ0) is 17.0. The first kappa shape index (κ1) is 15.9. The SMILES string of the molecule is O=C1C(Br)=C(Br)C(=O)C2(Br)[C@H]3c4cccc5cccc(c45)[C@H]3C12Br. The van der Waals surface area contributed by atoms with Gasteiger partial charge >= 0.3 is 0 Å². The van der Waals surface area contributed by atoms with E-state index in [2.05, 4.69) is 88.0 Å². The highest BCUT2D eigenvalue weighted by molar-refractivity contribution is 9.15. The summed E-state index contributed by atoms with van der Waals surface area (Å²) >= 11 is 14.0. The molecule has 24 heavy (non-hydrogen) atoms. The molecule has 3 aliphatic rings. The number of halogens is 4. The van der Waals surface area contributed by atoms with Gasteiger partial charge in [-0.05, 0) is 53.8 Å². The molecule has 5 rings (SSSR count). The molecule has 0 saturated heterocycles. The third-order valence-corrected chi connectivity index (χ3v) is 11.1. The van der Waals surface area contributed by atoms with Gasteiger partial charge in [0.1, 0.15) is 8.65 Å². The van der Waals surface area contributed by atoms with Crippen molar-refractivity contribution in [2.24, 2.45) is 0 Å². The topological polar surface area (TPSA) is 34.1 Å². The molecule has 2 unspecified atom stereocenters. The quantitative estimate of drug-likeness (QED) is 0.392.